The molecule has 41 heavy (non-hydrogen) atoms. The minimum absolute atomic E-state index is 0.261. The molecular weight excluding hydrogens is 504 g/mol. The summed E-state index contributed by atoms with van der Waals surface area (Å²) in [5.74, 6) is 0.619. The van der Waals surface area contributed by atoms with Crippen molar-refractivity contribution in [3.63, 3.8) is 0 Å². The Bertz CT molecular complexity index is 996. The zero-order valence-corrected chi connectivity index (χ0v) is 26.0. The maximum absolute atomic E-state index is 12.2. The number of rotatable bonds is 24. The highest BCUT2D eigenvalue weighted by molar-refractivity contribution is 5.80. The van der Waals surface area contributed by atoms with Gasteiger partial charge in [-0.2, -0.15) is 0 Å². The third-order valence-corrected chi connectivity index (χ3v) is 6.57. The van der Waals surface area contributed by atoms with E-state index in [4.69, 9.17) is 0 Å². The maximum atomic E-state index is 12.2. The van der Waals surface area contributed by atoms with E-state index in [1.165, 1.54) is 0 Å². The number of aryl methyl sites for hydroxylation is 1. The molecule has 1 rings (SSSR count). The van der Waals surface area contributed by atoms with Gasteiger partial charge in [0.15, 0.2) is 0 Å². The molecule has 0 unspecified atom stereocenters. The van der Waals surface area contributed by atoms with Gasteiger partial charge >= 0.3 is 0 Å². The van der Waals surface area contributed by atoms with Crippen LogP contribution in [0.15, 0.2) is 85.2 Å². The maximum Gasteiger partial charge on any atom is 0.136 e. The Morgan fingerprint density at radius 3 is 1.80 bits per heavy atom. The standard InChI is InChI=1S/C37H54N2O2/c1-4-5-6-7-8-9-10-11-12-13-14-15-16-17-18-19-20-25-36(40)27-22-31-39(3)32-23-28-37(41)26-21-24-35-30-29-34(2)38-33-35/h5-6,8-9,11-12,14-15,17-18,21,24,29-30,33H,4,7,10,13,16,19-20,22-23,25-28,31-32H2,1-3H3/b6-5-,9-8-,12-11-,15-14-,18-17-,24-21+. The van der Waals surface area contributed by atoms with E-state index >= 15 is 0 Å². The zero-order valence-electron chi connectivity index (χ0n) is 26.0. The van der Waals surface area contributed by atoms with Crippen LogP contribution in [0.5, 0.6) is 0 Å². The largest absolute Gasteiger partial charge is 0.306 e. The van der Waals surface area contributed by atoms with Gasteiger partial charge < -0.3 is 4.90 Å². The average Bonchev–Trinajstić information content (AvgIpc) is 2.95. The summed E-state index contributed by atoms with van der Waals surface area (Å²) >= 11 is 0. The van der Waals surface area contributed by atoms with Crippen molar-refractivity contribution in [2.75, 3.05) is 20.1 Å². The fraction of sp³-hybridized carbons (Fsp3) is 0.486. The summed E-state index contributed by atoms with van der Waals surface area (Å²) in [6.45, 7) is 5.90. The molecule has 0 aliphatic rings. The van der Waals surface area contributed by atoms with Gasteiger partial charge in [-0.3, -0.25) is 14.6 Å². The quantitative estimate of drug-likeness (QED) is 0.0937. The summed E-state index contributed by atoms with van der Waals surface area (Å²) < 4.78 is 0. The lowest BCUT2D eigenvalue weighted by Crippen LogP contribution is -2.22. The van der Waals surface area contributed by atoms with E-state index < -0.39 is 0 Å². The SMILES string of the molecule is CC/C=C\C/C=C\C/C=C\C/C=C\C/C=C\CCCC(=O)CCCN(C)CCCC(=O)C/C=C/c1ccc(C)nc1. The van der Waals surface area contributed by atoms with Crippen LogP contribution >= 0.6 is 0 Å². The predicted molar refractivity (Wildman–Crippen MR) is 177 cm³/mol. The molecule has 0 bridgehead atoms. The van der Waals surface area contributed by atoms with Crippen molar-refractivity contribution in [1.29, 1.82) is 0 Å². The van der Waals surface area contributed by atoms with Gasteiger partial charge in [0.25, 0.3) is 0 Å². The van der Waals surface area contributed by atoms with Gasteiger partial charge in [-0.1, -0.05) is 85.9 Å². The lowest BCUT2D eigenvalue weighted by atomic mass is 10.1. The summed E-state index contributed by atoms with van der Waals surface area (Å²) in [4.78, 5) is 30.8. The molecule has 1 aromatic heterocycles. The number of Topliss-reactive ketones (excluding diaryl/α,β-unsaturated/α-hetero) is 2. The van der Waals surface area contributed by atoms with E-state index in [1.807, 2.05) is 37.4 Å². The molecule has 0 amide bonds. The first-order valence-electron chi connectivity index (χ1n) is 15.6. The number of allylic oxidation sites excluding steroid dienone is 11. The first kappa shape index (κ1) is 35.9. The lowest BCUT2D eigenvalue weighted by molar-refractivity contribution is -0.119. The van der Waals surface area contributed by atoms with Crippen molar-refractivity contribution < 1.29 is 9.59 Å². The van der Waals surface area contributed by atoms with E-state index in [-0.39, 0.29) is 5.78 Å². The number of unbranched alkanes of at least 4 members (excludes halogenated alkanes) is 1. The van der Waals surface area contributed by atoms with E-state index in [0.29, 0.717) is 31.5 Å². The number of hydrogen-bond donors (Lipinski definition) is 0. The Balaban J connectivity index is 1.97. The molecule has 0 atom stereocenters. The predicted octanol–water partition coefficient (Wildman–Crippen LogP) is 9.35. The van der Waals surface area contributed by atoms with Gasteiger partial charge in [0, 0.05) is 37.6 Å². The number of aromatic nitrogens is 1. The molecule has 0 fully saturated rings. The number of hydrogen-bond acceptors (Lipinski definition) is 4. The van der Waals surface area contributed by atoms with Crippen molar-refractivity contribution in [2.24, 2.45) is 0 Å². The van der Waals surface area contributed by atoms with Crippen LogP contribution in [-0.2, 0) is 9.59 Å². The highest BCUT2D eigenvalue weighted by Crippen LogP contribution is 2.07. The summed E-state index contributed by atoms with van der Waals surface area (Å²) in [7, 11) is 2.07. The second-order valence-corrected chi connectivity index (χ2v) is 10.5. The molecule has 0 saturated carbocycles. The molecule has 0 aromatic carbocycles. The number of ketones is 2. The van der Waals surface area contributed by atoms with Crippen molar-refractivity contribution in [1.82, 2.24) is 9.88 Å². The zero-order chi connectivity index (χ0) is 29.8. The number of nitrogens with zero attached hydrogens (tertiary/aromatic N) is 2. The van der Waals surface area contributed by atoms with E-state index in [0.717, 1.165) is 82.1 Å². The van der Waals surface area contributed by atoms with Gasteiger partial charge in [-0.05, 0) is 96.5 Å². The molecule has 0 aliphatic heterocycles. The Hall–Kier alpha value is -3.11. The summed E-state index contributed by atoms with van der Waals surface area (Å²) in [6, 6.07) is 3.98. The Morgan fingerprint density at radius 2 is 1.24 bits per heavy atom. The van der Waals surface area contributed by atoms with Crippen molar-refractivity contribution in [3.05, 3.63) is 96.4 Å². The molecule has 0 N–H and O–H groups in total. The fourth-order valence-corrected chi connectivity index (χ4v) is 4.12. The molecule has 0 radical (unpaired) electrons. The fourth-order valence-electron chi connectivity index (χ4n) is 4.12. The molecule has 0 aliphatic carbocycles. The molecule has 0 spiro atoms. The second-order valence-electron chi connectivity index (χ2n) is 10.5. The normalized spacial score (nSPS) is 12.6. The topological polar surface area (TPSA) is 50.3 Å². The first-order chi connectivity index (χ1) is 20.0. The third-order valence-electron chi connectivity index (χ3n) is 6.57. The summed E-state index contributed by atoms with van der Waals surface area (Å²) in [5.41, 5.74) is 2.01. The van der Waals surface area contributed by atoms with Crippen LogP contribution in [0.4, 0.5) is 0 Å². The molecule has 4 heteroatoms. The van der Waals surface area contributed by atoms with Gasteiger partial charge in [0.1, 0.15) is 11.6 Å². The van der Waals surface area contributed by atoms with Gasteiger partial charge in [0.2, 0.25) is 0 Å². The van der Waals surface area contributed by atoms with Crippen LogP contribution in [0.2, 0.25) is 0 Å². The number of carbonyl (C=O) groups is 2. The lowest BCUT2D eigenvalue weighted by Gasteiger charge is -2.15. The van der Waals surface area contributed by atoms with Crippen LogP contribution < -0.4 is 0 Å². The molecular formula is C37H54N2O2. The van der Waals surface area contributed by atoms with E-state index in [2.05, 4.69) is 84.6 Å². The van der Waals surface area contributed by atoms with Crippen LogP contribution in [0.25, 0.3) is 6.08 Å². The van der Waals surface area contributed by atoms with Crippen molar-refractivity contribution in [2.45, 2.75) is 97.3 Å². The van der Waals surface area contributed by atoms with Gasteiger partial charge in [-0.15, -0.1) is 0 Å². The highest BCUT2D eigenvalue weighted by atomic mass is 16.1. The third kappa shape index (κ3) is 23.3. The Kier molecular flexibility index (Phi) is 22.6. The van der Waals surface area contributed by atoms with Gasteiger partial charge in [-0.25, -0.2) is 0 Å². The van der Waals surface area contributed by atoms with Gasteiger partial charge in [0.05, 0.1) is 0 Å². The smallest absolute Gasteiger partial charge is 0.136 e. The Labute approximate surface area is 250 Å². The van der Waals surface area contributed by atoms with Crippen LogP contribution in [0.1, 0.15) is 102 Å². The van der Waals surface area contributed by atoms with Crippen molar-refractivity contribution >= 4 is 17.6 Å². The molecule has 0 saturated heterocycles. The van der Waals surface area contributed by atoms with Crippen LogP contribution in [-0.4, -0.2) is 41.6 Å². The number of pyridine rings is 1. The monoisotopic (exact) mass is 558 g/mol. The minimum Gasteiger partial charge on any atom is -0.306 e. The second kappa shape index (κ2) is 25.8. The Morgan fingerprint density at radius 1 is 0.707 bits per heavy atom. The minimum atomic E-state index is 0.261. The van der Waals surface area contributed by atoms with E-state index in [1.54, 1.807) is 0 Å². The van der Waals surface area contributed by atoms with Crippen LogP contribution in [0, 0.1) is 6.92 Å². The van der Waals surface area contributed by atoms with E-state index in [9.17, 15) is 9.59 Å². The summed E-state index contributed by atoms with van der Waals surface area (Å²) in [5, 5.41) is 0. The van der Waals surface area contributed by atoms with Crippen molar-refractivity contribution in [3.8, 4) is 0 Å². The number of carbonyl (C=O) groups excluding carboxylic acids is 2. The first-order valence-corrected chi connectivity index (χ1v) is 15.6. The molecule has 224 valence electrons. The molecule has 4 nitrogen and oxygen atoms in total. The summed E-state index contributed by atoms with van der Waals surface area (Å²) in [6.07, 6.45) is 38.8. The molecule has 1 heterocycles. The average molecular weight is 559 g/mol. The van der Waals surface area contributed by atoms with Crippen LogP contribution in [0.3, 0.4) is 0 Å². The highest BCUT2D eigenvalue weighted by Gasteiger charge is 2.05. The molecule has 1 aromatic rings.